The summed E-state index contributed by atoms with van der Waals surface area (Å²) in [5.74, 6) is -1.11. The molecule has 0 aliphatic heterocycles. The van der Waals surface area contributed by atoms with Gasteiger partial charge in [0.25, 0.3) is 0 Å². The monoisotopic (exact) mass is 315 g/mol. The van der Waals surface area contributed by atoms with Crippen LogP contribution in [-0.4, -0.2) is 36.6 Å². The normalized spacial score (nSPS) is 12.3. The van der Waals surface area contributed by atoms with Crippen molar-refractivity contribution in [3.63, 3.8) is 0 Å². The first kappa shape index (κ1) is 17.2. The molecule has 0 saturated heterocycles. The summed E-state index contributed by atoms with van der Waals surface area (Å²) in [6.07, 6.45) is 1.42. The fourth-order valence-corrected chi connectivity index (χ4v) is 2.73. The molecule has 0 aliphatic rings. The van der Waals surface area contributed by atoms with Crippen LogP contribution in [0.1, 0.15) is 33.8 Å². The second-order valence-corrected chi connectivity index (χ2v) is 6.01. The van der Waals surface area contributed by atoms with E-state index in [0.29, 0.717) is 12.0 Å². The molecule has 2 aromatic rings. The highest BCUT2D eigenvalue weighted by molar-refractivity contribution is 5.89. The van der Waals surface area contributed by atoms with Gasteiger partial charge in [-0.1, -0.05) is 30.3 Å². The Kier molecular flexibility index (Phi) is 5.88. The van der Waals surface area contributed by atoms with Crippen LogP contribution < -0.4 is 0 Å². The molecule has 23 heavy (non-hydrogen) atoms. The molecule has 0 aliphatic carbocycles. The van der Waals surface area contributed by atoms with Crippen molar-refractivity contribution in [1.29, 1.82) is 0 Å². The minimum atomic E-state index is -0.925. The lowest BCUT2D eigenvalue weighted by molar-refractivity contribution is 0.0695. The Balaban J connectivity index is 2.29. The van der Waals surface area contributed by atoms with Crippen molar-refractivity contribution in [3.05, 3.63) is 71.0 Å². The van der Waals surface area contributed by atoms with Crippen LogP contribution in [0.3, 0.4) is 0 Å². The molecule has 2 aromatic carbocycles. The lowest BCUT2D eigenvalue weighted by Crippen LogP contribution is -2.18. The van der Waals surface area contributed by atoms with E-state index in [1.165, 1.54) is 6.07 Å². The lowest BCUT2D eigenvalue weighted by Gasteiger charge is -2.21. The van der Waals surface area contributed by atoms with Crippen LogP contribution in [0, 0.1) is 5.82 Å². The number of benzene rings is 2. The Bertz CT molecular complexity index is 670. The molecule has 1 N–H and O–H groups in total. The van der Waals surface area contributed by atoms with E-state index >= 15 is 0 Å². The topological polar surface area (TPSA) is 40.5 Å². The number of rotatable bonds is 7. The first-order chi connectivity index (χ1) is 11.0. The van der Waals surface area contributed by atoms with E-state index in [0.717, 1.165) is 24.1 Å². The molecule has 1 unspecified atom stereocenters. The Labute approximate surface area is 136 Å². The summed E-state index contributed by atoms with van der Waals surface area (Å²) in [7, 11) is 3.99. The van der Waals surface area contributed by atoms with Gasteiger partial charge in [0, 0.05) is 0 Å². The van der Waals surface area contributed by atoms with Gasteiger partial charge in [-0.3, -0.25) is 0 Å². The predicted octanol–water partition coefficient (Wildman–Crippen LogP) is 3.80. The molecule has 122 valence electrons. The summed E-state index contributed by atoms with van der Waals surface area (Å²) >= 11 is 0. The van der Waals surface area contributed by atoms with Gasteiger partial charge in [0.2, 0.25) is 0 Å². The van der Waals surface area contributed by atoms with Crippen molar-refractivity contribution < 1.29 is 14.3 Å². The molecule has 2 rings (SSSR count). The van der Waals surface area contributed by atoms with Crippen molar-refractivity contribution >= 4 is 5.97 Å². The Hall–Kier alpha value is -2.20. The standard InChI is InChI=1S/C19H22FNO2/c1-21(2)11-10-15(14-7-5-8-17(20)13-14)12-16-6-3-4-9-18(16)19(22)23/h3-9,13,15H,10-12H2,1-2H3,(H,22,23). The third-order valence-electron chi connectivity index (χ3n) is 3.96. The van der Waals surface area contributed by atoms with Crippen LogP contribution in [0.4, 0.5) is 4.39 Å². The van der Waals surface area contributed by atoms with Gasteiger partial charge < -0.3 is 10.0 Å². The van der Waals surface area contributed by atoms with Gasteiger partial charge >= 0.3 is 5.97 Å². The summed E-state index contributed by atoms with van der Waals surface area (Å²) in [6.45, 7) is 0.858. The highest BCUT2D eigenvalue weighted by atomic mass is 19.1. The molecule has 0 saturated carbocycles. The zero-order valence-corrected chi connectivity index (χ0v) is 13.5. The Morgan fingerprint density at radius 2 is 1.91 bits per heavy atom. The summed E-state index contributed by atoms with van der Waals surface area (Å²) in [6, 6.07) is 13.6. The second kappa shape index (κ2) is 7.88. The number of hydrogen-bond donors (Lipinski definition) is 1. The molecule has 1 atom stereocenters. The fraction of sp³-hybridized carbons (Fsp3) is 0.316. The van der Waals surface area contributed by atoms with E-state index in [4.69, 9.17) is 0 Å². The summed E-state index contributed by atoms with van der Waals surface area (Å²) in [5, 5.41) is 9.34. The SMILES string of the molecule is CN(C)CCC(Cc1ccccc1C(=O)O)c1cccc(F)c1. The Morgan fingerprint density at radius 1 is 1.17 bits per heavy atom. The number of halogens is 1. The molecule has 4 heteroatoms. The van der Waals surface area contributed by atoms with E-state index in [1.807, 2.05) is 32.3 Å². The summed E-state index contributed by atoms with van der Waals surface area (Å²) in [5.41, 5.74) is 2.01. The van der Waals surface area contributed by atoms with Crippen LogP contribution >= 0.6 is 0 Å². The number of hydrogen-bond acceptors (Lipinski definition) is 2. The molecule has 3 nitrogen and oxygen atoms in total. The maximum Gasteiger partial charge on any atom is 0.335 e. The average Bonchev–Trinajstić information content (AvgIpc) is 2.51. The second-order valence-electron chi connectivity index (χ2n) is 6.01. The van der Waals surface area contributed by atoms with Crippen molar-refractivity contribution in [3.8, 4) is 0 Å². The van der Waals surface area contributed by atoms with Crippen molar-refractivity contribution in [2.75, 3.05) is 20.6 Å². The van der Waals surface area contributed by atoms with E-state index in [1.54, 1.807) is 24.3 Å². The van der Waals surface area contributed by atoms with Gasteiger partial charge in [-0.15, -0.1) is 0 Å². The minimum absolute atomic E-state index is 0.0774. The molecule has 0 aromatic heterocycles. The highest BCUT2D eigenvalue weighted by Crippen LogP contribution is 2.26. The number of carboxylic acids is 1. The van der Waals surface area contributed by atoms with Gasteiger partial charge in [-0.05, 0) is 68.7 Å². The average molecular weight is 315 g/mol. The number of carbonyl (C=O) groups is 1. The van der Waals surface area contributed by atoms with Gasteiger partial charge in [-0.2, -0.15) is 0 Å². The predicted molar refractivity (Wildman–Crippen MR) is 89.4 cm³/mol. The van der Waals surface area contributed by atoms with E-state index < -0.39 is 5.97 Å². The van der Waals surface area contributed by atoms with Gasteiger partial charge in [0.15, 0.2) is 0 Å². The molecule has 0 heterocycles. The third-order valence-corrected chi connectivity index (χ3v) is 3.96. The first-order valence-corrected chi connectivity index (χ1v) is 7.68. The van der Waals surface area contributed by atoms with Crippen molar-refractivity contribution in [2.45, 2.75) is 18.8 Å². The van der Waals surface area contributed by atoms with Crippen molar-refractivity contribution in [1.82, 2.24) is 4.90 Å². The van der Waals surface area contributed by atoms with E-state index in [2.05, 4.69) is 4.90 Å². The zero-order chi connectivity index (χ0) is 16.8. The zero-order valence-electron chi connectivity index (χ0n) is 13.5. The van der Waals surface area contributed by atoms with Crippen LogP contribution in [0.15, 0.2) is 48.5 Å². The van der Waals surface area contributed by atoms with Crippen LogP contribution in [0.25, 0.3) is 0 Å². The lowest BCUT2D eigenvalue weighted by atomic mass is 9.87. The van der Waals surface area contributed by atoms with E-state index in [9.17, 15) is 14.3 Å². The Morgan fingerprint density at radius 3 is 2.57 bits per heavy atom. The molecule has 0 amide bonds. The number of aromatic carboxylic acids is 1. The van der Waals surface area contributed by atoms with Crippen LogP contribution in [-0.2, 0) is 6.42 Å². The van der Waals surface area contributed by atoms with Crippen LogP contribution in [0.5, 0.6) is 0 Å². The van der Waals surface area contributed by atoms with Gasteiger partial charge in [-0.25, -0.2) is 9.18 Å². The third kappa shape index (κ3) is 4.89. The molecule has 0 bridgehead atoms. The highest BCUT2D eigenvalue weighted by Gasteiger charge is 2.17. The fourth-order valence-electron chi connectivity index (χ4n) is 2.73. The van der Waals surface area contributed by atoms with Crippen molar-refractivity contribution in [2.24, 2.45) is 0 Å². The maximum absolute atomic E-state index is 13.6. The molecule has 0 radical (unpaired) electrons. The summed E-state index contributed by atoms with van der Waals surface area (Å²) in [4.78, 5) is 13.5. The molecular weight excluding hydrogens is 293 g/mol. The molecular formula is C19H22FNO2. The van der Waals surface area contributed by atoms with Gasteiger partial charge in [0.05, 0.1) is 5.56 Å². The molecule has 0 fully saturated rings. The smallest absolute Gasteiger partial charge is 0.335 e. The number of carboxylic acid groups (broad SMARTS) is 1. The van der Waals surface area contributed by atoms with E-state index in [-0.39, 0.29) is 11.7 Å². The number of nitrogens with zero attached hydrogens (tertiary/aromatic N) is 1. The molecule has 0 spiro atoms. The first-order valence-electron chi connectivity index (χ1n) is 7.68. The van der Waals surface area contributed by atoms with Crippen LogP contribution in [0.2, 0.25) is 0 Å². The minimum Gasteiger partial charge on any atom is -0.478 e. The quantitative estimate of drug-likeness (QED) is 0.845. The maximum atomic E-state index is 13.6. The summed E-state index contributed by atoms with van der Waals surface area (Å²) < 4.78 is 13.6. The van der Waals surface area contributed by atoms with Gasteiger partial charge in [0.1, 0.15) is 5.82 Å². The largest absolute Gasteiger partial charge is 0.478 e.